The van der Waals surface area contributed by atoms with E-state index in [1.165, 1.54) is 16.7 Å². The SMILES string of the molecule is NC(=O)Nc1ccc2[nH]cc(CCCC[n+]3ccc(-c4ccccc4)cc3)c2c1. The van der Waals surface area contributed by atoms with Crippen molar-refractivity contribution in [1.82, 2.24) is 4.98 Å². The van der Waals surface area contributed by atoms with Crippen LogP contribution >= 0.6 is 0 Å². The van der Waals surface area contributed by atoms with Gasteiger partial charge in [0.05, 0.1) is 0 Å². The first-order valence-corrected chi connectivity index (χ1v) is 9.90. The minimum absolute atomic E-state index is 0.545. The molecule has 146 valence electrons. The molecule has 5 nitrogen and oxygen atoms in total. The molecule has 2 heterocycles. The molecule has 0 atom stereocenters. The number of unbranched alkanes of at least 4 members (excludes halogenated alkanes) is 1. The Kier molecular flexibility index (Phi) is 5.56. The summed E-state index contributed by atoms with van der Waals surface area (Å²) in [4.78, 5) is 14.4. The molecule has 0 aliphatic carbocycles. The summed E-state index contributed by atoms with van der Waals surface area (Å²) in [6, 6.07) is 20.0. The van der Waals surface area contributed by atoms with E-state index in [0.717, 1.165) is 42.4 Å². The number of hydrogen-bond acceptors (Lipinski definition) is 1. The lowest BCUT2D eigenvalue weighted by molar-refractivity contribution is -0.697. The topological polar surface area (TPSA) is 74.8 Å². The van der Waals surface area contributed by atoms with Crippen LogP contribution in [0.15, 0.2) is 79.3 Å². The summed E-state index contributed by atoms with van der Waals surface area (Å²) in [7, 11) is 0. The number of nitrogens with one attached hydrogen (secondary N) is 2. The number of anilines is 1. The number of aryl methyl sites for hydroxylation is 2. The third-order valence-electron chi connectivity index (χ3n) is 5.15. The zero-order chi connectivity index (χ0) is 20.1. The first-order chi connectivity index (χ1) is 14.2. The van der Waals surface area contributed by atoms with Crippen LogP contribution in [0.1, 0.15) is 18.4 Å². The van der Waals surface area contributed by atoms with Crippen molar-refractivity contribution in [2.45, 2.75) is 25.8 Å². The van der Waals surface area contributed by atoms with E-state index in [1.54, 1.807) is 0 Å². The number of rotatable bonds is 7. The number of aromatic amines is 1. The summed E-state index contributed by atoms with van der Waals surface area (Å²) >= 11 is 0. The van der Waals surface area contributed by atoms with Gasteiger partial charge in [-0.15, -0.1) is 0 Å². The van der Waals surface area contributed by atoms with Crippen molar-refractivity contribution in [3.8, 4) is 11.1 Å². The summed E-state index contributed by atoms with van der Waals surface area (Å²) in [5.74, 6) is 0. The quantitative estimate of drug-likeness (QED) is 0.315. The molecule has 0 saturated carbocycles. The van der Waals surface area contributed by atoms with E-state index in [0.29, 0.717) is 0 Å². The number of fused-ring (bicyclic) bond motifs is 1. The fraction of sp³-hybridized carbons (Fsp3) is 0.167. The molecule has 5 heteroatoms. The summed E-state index contributed by atoms with van der Waals surface area (Å²) in [5.41, 5.74) is 10.7. The van der Waals surface area contributed by atoms with Gasteiger partial charge in [-0.25, -0.2) is 9.36 Å². The molecule has 0 radical (unpaired) electrons. The van der Waals surface area contributed by atoms with Gasteiger partial charge >= 0.3 is 6.03 Å². The second-order valence-corrected chi connectivity index (χ2v) is 7.21. The first-order valence-electron chi connectivity index (χ1n) is 9.90. The maximum absolute atomic E-state index is 11.1. The fourth-order valence-electron chi connectivity index (χ4n) is 3.64. The lowest BCUT2D eigenvalue weighted by Crippen LogP contribution is -2.32. The van der Waals surface area contributed by atoms with Gasteiger partial charge in [0.2, 0.25) is 0 Å². The van der Waals surface area contributed by atoms with Gasteiger partial charge in [0.25, 0.3) is 0 Å². The molecule has 2 aromatic carbocycles. The van der Waals surface area contributed by atoms with Crippen LogP contribution in [0.5, 0.6) is 0 Å². The molecule has 2 amide bonds. The van der Waals surface area contributed by atoms with Crippen LogP contribution in [0.2, 0.25) is 0 Å². The highest BCUT2D eigenvalue weighted by Crippen LogP contribution is 2.24. The van der Waals surface area contributed by atoms with Crippen molar-refractivity contribution in [3.63, 3.8) is 0 Å². The van der Waals surface area contributed by atoms with E-state index >= 15 is 0 Å². The van der Waals surface area contributed by atoms with Crippen LogP contribution in [0, 0.1) is 0 Å². The van der Waals surface area contributed by atoms with E-state index in [-0.39, 0.29) is 0 Å². The smallest absolute Gasteiger partial charge is 0.316 e. The Morgan fingerprint density at radius 1 is 0.966 bits per heavy atom. The molecule has 0 unspecified atom stereocenters. The standard InChI is InChI=1S/C24H24N4O/c25-24(29)27-21-9-10-23-22(16-21)20(17-26-23)8-4-5-13-28-14-11-19(12-15-28)18-6-2-1-3-7-18/h1-3,6-7,9-12,14-17,26H,4-5,8,13H2,(H2-,25,27,29)/p+1. The van der Waals surface area contributed by atoms with Gasteiger partial charge in [-0.3, -0.25) is 0 Å². The molecule has 2 aromatic heterocycles. The molecule has 0 aliphatic rings. The number of amides is 2. The normalized spacial score (nSPS) is 10.9. The number of aromatic nitrogens is 2. The molecule has 29 heavy (non-hydrogen) atoms. The molecular weight excluding hydrogens is 360 g/mol. The lowest BCUT2D eigenvalue weighted by Gasteiger charge is -2.04. The van der Waals surface area contributed by atoms with Crippen molar-refractivity contribution in [2.24, 2.45) is 5.73 Å². The number of nitrogens with zero attached hydrogens (tertiary/aromatic N) is 1. The summed E-state index contributed by atoms with van der Waals surface area (Å²) in [5, 5.41) is 3.78. The number of primary amides is 1. The molecule has 0 fully saturated rings. The van der Waals surface area contributed by atoms with Crippen LogP contribution in [-0.2, 0) is 13.0 Å². The van der Waals surface area contributed by atoms with E-state index in [2.05, 4.69) is 69.9 Å². The van der Waals surface area contributed by atoms with Gasteiger partial charge in [-0.05, 0) is 47.7 Å². The predicted molar refractivity (Wildman–Crippen MR) is 117 cm³/mol. The highest BCUT2D eigenvalue weighted by atomic mass is 16.2. The van der Waals surface area contributed by atoms with Crippen LogP contribution in [0.25, 0.3) is 22.0 Å². The second kappa shape index (κ2) is 8.61. The van der Waals surface area contributed by atoms with Crippen LogP contribution in [-0.4, -0.2) is 11.0 Å². The Morgan fingerprint density at radius 2 is 1.72 bits per heavy atom. The molecule has 0 saturated heterocycles. The monoisotopic (exact) mass is 385 g/mol. The van der Waals surface area contributed by atoms with Gasteiger partial charge in [0.15, 0.2) is 12.4 Å². The average Bonchev–Trinajstić information content (AvgIpc) is 3.14. The van der Waals surface area contributed by atoms with Gasteiger partial charge in [-0.1, -0.05) is 30.3 Å². The Labute approximate surface area is 170 Å². The maximum Gasteiger partial charge on any atom is 0.316 e. The second-order valence-electron chi connectivity index (χ2n) is 7.21. The van der Waals surface area contributed by atoms with Crippen molar-refractivity contribution < 1.29 is 9.36 Å². The van der Waals surface area contributed by atoms with Gasteiger partial charge in [0, 0.05) is 41.3 Å². The van der Waals surface area contributed by atoms with Crippen molar-refractivity contribution in [1.29, 1.82) is 0 Å². The van der Waals surface area contributed by atoms with Gasteiger partial charge < -0.3 is 16.0 Å². The Balaban J connectivity index is 1.33. The van der Waals surface area contributed by atoms with Gasteiger partial charge in [0.1, 0.15) is 6.54 Å². The number of pyridine rings is 1. The Hall–Kier alpha value is -3.60. The molecule has 4 aromatic rings. The van der Waals surface area contributed by atoms with E-state index in [1.807, 2.05) is 24.3 Å². The van der Waals surface area contributed by atoms with Crippen molar-refractivity contribution in [3.05, 3.63) is 84.8 Å². The van der Waals surface area contributed by atoms with E-state index < -0.39 is 6.03 Å². The maximum atomic E-state index is 11.1. The largest absolute Gasteiger partial charge is 0.361 e. The summed E-state index contributed by atoms with van der Waals surface area (Å²) in [6.07, 6.45) is 9.53. The third kappa shape index (κ3) is 4.63. The van der Waals surface area contributed by atoms with Crippen LogP contribution in [0.3, 0.4) is 0 Å². The highest BCUT2D eigenvalue weighted by Gasteiger charge is 2.07. The molecule has 0 spiro atoms. The zero-order valence-corrected chi connectivity index (χ0v) is 16.3. The number of urea groups is 1. The van der Waals surface area contributed by atoms with Crippen molar-refractivity contribution >= 4 is 22.6 Å². The minimum Gasteiger partial charge on any atom is -0.361 e. The Bertz CT molecular complexity index is 1100. The number of benzene rings is 2. The number of nitrogens with two attached hydrogens (primary N) is 1. The Morgan fingerprint density at radius 3 is 2.48 bits per heavy atom. The van der Waals surface area contributed by atoms with Gasteiger partial charge in [-0.2, -0.15) is 0 Å². The number of carbonyl (C=O) groups is 1. The molecule has 0 bridgehead atoms. The lowest BCUT2D eigenvalue weighted by atomic mass is 10.1. The molecule has 4 N–H and O–H groups in total. The van der Waals surface area contributed by atoms with Crippen LogP contribution in [0.4, 0.5) is 10.5 Å². The highest BCUT2D eigenvalue weighted by molar-refractivity contribution is 5.93. The zero-order valence-electron chi connectivity index (χ0n) is 16.3. The number of H-pyrrole nitrogens is 1. The van der Waals surface area contributed by atoms with Crippen molar-refractivity contribution in [2.75, 3.05) is 5.32 Å². The molecule has 0 aliphatic heterocycles. The summed E-state index contributed by atoms with van der Waals surface area (Å²) in [6.45, 7) is 0.992. The first kappa shape index (κ1) is 18.7. The van der Waals surface area contributed by atoms with E-state index in [4.69, 9.17) is 5.73 Å². The minimum atomic E-state index is -0.545. The fourth-order valence-corrected chi connectivity index (χ4v) is 3.64. The molecule has 4 rings (SSSR count). The van der Waals surface area contributed by atoms with Crippen LogP contribution < -0.4 is 15.6 Å². The third-order valence-corrected chi connectivity index (χ3v) is 5.15. The summed E-state index contributed by atoms with van der Waals surface area (Å²) < 4.78 is 2.23. The average molecular weight is 385 g/mol. The number of hydrogen-bond donors (Lipinski definition) is 3. The predicted octanol–water partition coefficient (Wildman–Crippen LogP) is 4.64. The van der Waals surface area contributed by atoms with E-state index in [9.17, 15) is 4.79 Å². The molecular formula is C24H25N4O+. The number of carbonyl (C=O) groups excluding carboxylic acids is 1.